The number of halogens is 2. The number of hydrogen-bond donors (Lipinski definition) is 2. The molecule has 2 N–H and O–H groups in total. The van der Waals surface area contributed by atoms with Crippen molar-refractivity contribution in [3.05, 3.63) is 76.2 Å². The predicted octanol–water partition coefficient (Wildman–Crippen LogP) is 5.42. The second kappa shape index (κ2) is 6.92. The molecule has 0 aliphatic rings. The molecule has 2 aromatic heterocycles. The van der Waals surface area contributed by atoms with Gasteiger partial charge in [-0.3, -0.25) is 0 Å². The quantitative estimate of drug-likeness (QED) is 0.492. The molecule has 0 aliphatic carbocycles. The number of hydrogen-bond acceptors (Lipinski definition) is 3. The number of fused-ring (bicyclic) bond motifs is 1. The van der Waals surface area contributed by atoms with Crippen LogP contribution in [-0.4, -0.2) is 9.97 Å². The van der Waals surface area contributed by atoms with Gasteiger partial charge in [-0.25, -0.2) is 4.98 Å². The Bertz CT molecular complexity index is 989. The molecule has 25 heavy (non-hydrogen) atoms. The van der Waals surface area contributed by atoms with Crippen molar-refractivity contribution in [2.24, 2.45) is 0 Å². The van der Waals surface area contributed by atoms with Gasteiger partial charge in [-0.05, 0) is 42.5 Å². The minimum absolute atomic E-state index is 0.592. The van der Waals surface area contributed by atoms with Crippen molar-refractivity contribution in [2.75, 3.05) is 0 Å². The number of imidazole rings is 1. The summed E-state index contributed by atoms with van der Waals surface area (Å²) < 4.78 is 5.87. The van der Waals surface area contributed by atoms with E-state index in [4.69, 9.17) is 27.6 Å². The van der Waals surface area contributed by atoms with E-state index >= 15 is 0 Å². The Labute approximate surface area is 154 Å². The average Bonchev–Trinajstić information content (AvgIpc) is 3.23. The van der Waals surface area contributed by atoms with Crippen molar-refractivity contribution < 1.29 is 4.42 Å². The Kier molecular flexibility index (Phi) is 4.49. The topological polar surface area (TPSA) is 53.9 Å². The fourth-order valence-corrected chi connectivity index (χ4v) is 3.08. The Morgan fingerprint density at radius 2 is 1.88 bits per heavy atom. The summed E-state index contributed by atoms with van der Waals surface area (Å²) in [5.74, 6) is 2.42. The minimum atomic E-state index is 0.592. The maximum absolute atomic E-state index is 6.22. The molecule has 0 fully saturated rings. The molecular weight excluding hydrogens is 357 g/mol. The van der Waals surface area contributed by atoms with Crippen molar-refractivity contribution in [3.63, 3.8) is 0 Å². The van der Waals surface area contributed by atoms with Crippen LogP contribution in [0.15, 0.2) is 59.0 Å². The van der Waals surface area contributed by atoms with Gasteiger partial charge in [0.1, 0.15) is 17.3 Å². The maximum Gasteiger partial charge on any atom is 0.135 e. The molecular formula is C19H15Cl2N3O. The number of rotatable bonds is 5. The number of H-pyrrole nitrogens is 1. The van der Waals surface area contributed by atoms with E-state index in [1.165, 1.54) is 0 Å². The number of aromatic amines is 1. The van der Waals surface area contributed by atoms with Crippen molar-refractivity contribution in [1.82, 2.24) is 15.3 Å². The molecule has 4 rings (SSSR count). The largest absolute Gasteiger partial charge is 0.460 e. The molecule has 2 aromatic carbocycles. The van der Waals surface area contributed by atoms with Crippen LogP contribution in [0, 0.1) is 0 Å². The first-order valence-electron chi connectivity index (χ1n) is 7.87. The van der Waals surface area contributed by atoms with Crippen LogP contribution < -0.4 is 5.32 Å². The molecule has 6 heteroatoms. The molecule has 0 aliphatic heterocycles. The average molecular weight is 372 g/mol. The van der Waals surface area contributed by atoms with Crippen LogP contribution in [-0.2, 0) is 13.1 Å². The van der Waals surface area contributed by atoms with Gasteiger partial charge in [0.25, 0.3) is 0 Å². The van der Waals surface area contributed by atoms with Crippen molar-refractivity contribution in [2.45, 2.75) is 13.1 Å². The highest BCUT2D eigenvalue weighted by Crippen LogP contribution is 2.31. The van der Waals surface area contributed by atoms with E-state index in [1.54, 1.807) is 18.2 Å². The maximum atomic E-state index is 6.22. The SMILES string of the molecule is Clc1ccc(Cl)c(-c2ccc(CNCc3nc4ccccc4[nH]3)o2)c1. The molecule has 126 valence electrons. The molecule has 0 radical (unpaired) electrons. The van der Waals surface area contributed by atoms with Gasteiger partial charge in [-0.15, -0.1) is 0 Å². The van der Waals surface area contributed by atoms with Gasteiger partial charge >= 0.3 is 0 Å². The lowest BCUT2D eigenvalue weighted by Crippen LogP contribution is -2.13. The number of para-hydroxylation sites is 2. The molecule has 2 heterocycles. The summed E-state index contributed by atoms with van der Waals surface area (Å²) in [7, 11) is 0. The Hall–Kier alpha value is -2.27. The summed E-state index contributed by atoms with van der Waals surface area (Å²) in [6.07, 6.45) is 0. The molecule has 4 nitrogen and oxygen atoms in total. The molecule has 0 atom stereocenters. The second-order valence-electron chi connectivity index (χ2n) is 5.69. The fourth-order valence-electron chi connectivity index (χ4n) is 2.70. The summed E-state index contributed by atoms with van der Waals surface area (Å²) in [6, 6.07) is 17.1. The summed E-state index contributed by atoms with van der Waals surface area (Å²) in [6.45, 7) is 1.22. The standard InChI is InChI=1S/C19H15Cl2N3O/c20-12-5-7-15(21)14(9-12)18-8-6-13(25-18)10-22-11-19-23-16-3-1-2-4-17(16)24-19/h1-9,22H,10-11H2,(H,23,24). The first kappa shape index (κ1) is 16.2. The first-order chi connectivity index (χ1) is 12.2. The van der Waals surface area contributed by atoms with Crippen molar-refractivity contribution >= 4 is 34.2 Å². The van der Waals surface area contributed by atoms with Crippen molar-refractivity contribution in [1.29, 1.82) is 0 Å². The first-order valence-corrected chi connectivity index (χ1v) is 8.63. The van der Waals surface area contributed by atoms with Gasteiger partial charge in [0, 0.05) is 10.6 Å². The lowest BCUT2D eigenvalue weighted by molar-refractivity contribution is 0.491. The molecule has 0 unspecified atom stereocenters. The third-order valence-electron chi connectivity index (χ3n) is 3.89. The predicted molar refractivity (Wildman–Crippen MR) is 101 cm³/mol. The highest BCUT2D eigenvalue weighted by atomic mass is 35.5. The number of aromatic nitrogens is 2. The van der Waals surface area contributed by atoms with Crippen LogP contribution in [0.5, 0.6) is 0 Å². The number of benzene rings is 2. The zero-order valence-electron chi connectivity index (χ0n) is 13.2. The van der Waals surface area contributed by atoms with E-state index in [0.717, 1.165) is 28.2 Å². The molecule has 0 amide bonds. The number of furan rings is 1. The van der Waals surface area contributed by atoms with Crippen LogP contribution in [0.2, 0.25) is 10.0 Å². The number of nitrogens with zero attached hydrogens (tertiary/aromatic N) is 1. The van der Waals surface area contributed by atoms with Gasteiger partial charge in [-0.1, -0.05) is 35.3 Å². The van der Waals surface area contributed by atoms with E-state index in [-0.39, 0.29) is 0 Å². The summed E-state index contributed by atoms with van der Waals surface area (Å²) in [5.41, 5.74) is 2.79. The second-order valence-corrected chi connectivity index (χ2v) is 6.54. The van der Waals surface area contributed by atoms with Crippen LogP contribution in [0.3, 0.4) is 0 Å². The molecule has 0 bridgehead atoms. The van der Waals surface area contributed by atoms with Gasteiger partial charge in [0.2, 0.25) is 0 Å². The highest BCUT2D eigenvalue weighted by Gasteiger charge is 2.10. The normalized spacial score (nSPS) is 11.3. The summed E-state index contributed by atoms with van der Waals surface area (Å²) in [4.78, 5) is 7.83. The van der Waals surface area contributed by atoms with Gasteiger partial charge < -0.3 is 14.7 Å². The van der Waals surface area contributed by atoms with E-state index in [0.29, 0.717) is 28.9 Å². The van der Waals surface area contributed by atoms with E-state index in [9.17, 15) is 0 Å². The highest BCUT2D eigenvalue weighted by molar-refractivity contribution is 6.35. The monoisotopic (exact) mass is 371 g/mol. The smallest absolute Gasteiger partial charge is 0.135 e. The van der Waals surface area contributed by atoms with Gasteiger partial charge in [0.15, 0.2) is 0 Å². The molecule has 0 saturated heterocycles. The Morgan fingerprint density at radius 1 is 1.00 bits per heavy atom. The van der Waals surface area contributed by atoms with E-state index in [2.05, 4.69) is 15.3 Å². The fraction of sp³-hybridized carbons (Fsp3) is 0.105. The van der Waals surface area contributed by atoms with Crippen LogP contribution in [0.1, 0.15) is 11.6 Å². The molecule has 0 spiro atoms. The lowest BCUT2D eigenvalue weighted by Gasteiger charge is -2.02. The third kappa shape index (κ3) is 3.56. The lowest BCUT2D eigenvalue weighted by atomic mass is 10.2. The van der Waals surface area contributed by atoms with Gasteiger partial charge in [-0.2, -0.15) is 0 Å². The van der Waals surface area contributed by atoms with Crippen LogP contribution in [0.25, 0.3) is 22.4 Å². The summed E-state index contributed by atoms with van der Waals surface area (Å²) in [5, 5.41) is 4.56. The van der Waals surface area contributed by atoms with E-state index < -0.39 is 0 Å². The Morgan fingerprint density at radius 3 is 2.76 bits per heavy atom. The third-order valence-corrected chi connectivity index (χ3v) is 4.45. The molecule has 4 aromatic rings. The van der Waals surface area contributed by atoms with Crippen molar-refractivity contribution in [3.8, 4) is 11.3 Å². The van der Waals surface area contributed by atoms with Crippen LogP contribution >= 0.6 is 23.2 Å². The Balaban J connectivity index is 1.42. The number of nitrogens with one attached hydrogen (secondary N) is 2. The van der Waals surface area contributed by atoms with E-state index in [1.807, 2.05) is 36.4 Å². The zero-order chi connectivity index (χ0) is 17.2. The van der Waals surface area contributed by atoms with Crippen LogP contribution in [0.4, 0.5) is 0 Å². The zero-order valence-corrected chi connectivity index (χ0v) is 14.7. The van der Waals surface area contributed by atoms with Gasteiger partial charge in [0.05, 0.1) is 29.1 Å². The molecule has 0 saturated carbocycles. The minimum Gasteiger partial charge on any atom is -0.460 e. The summed E-state index contributed by atoms with van der Waals surface area (Å²) >= 11 is 12.3.